The molecule has 3 aromatic heterocycles. The summed E-state index contributed by atoms with van der Waals surface area (Å²) in [6.07, 6.45) is 2.71. The first-order valence-electron chi connectivity index (χ1n) is 13.4. The first-order chi connectivity index (χ1) is 20.3. The van der Waals surface area contributed by atoms with E-state index in [9.17, 15) is 13.2 Å². The van der Waals surface area contributed by atoms with Crippen LogP contribution >= 0.6 is 0 Å². The number of hydrogen-bond acceptors (Lipinski definition) is 3. The summed E-state index contributed by atoms with van der Waals surface area (Å²) in [7, 11) is 0. The summed E-state index contributed by atoms with van der Waals surface area (Å²) in [5.41, 5.74) is 7.91. The van der Waals surface area contributed by atoms with Crippen LogP contribution in [0.4, 0.5) is 13.2 Å². The summed E-state index contributed by atoms with van der Waals surface area (Å²) in [6.45, 7) is 1.67. The maximum atomic E-state index is 13.7. The number of furan rings is 1. The molecule has 0 atom stereocenters. The van der Waals surface area contributed by atoms with E-state index in [1.54, 1.807) is 25.4 Å². The highest BCUT2D eigenvalue weighted by Gasteiger charge is 2.31. The third-order valence-electron chi connectivity index (χ3n) is 7.47. The van der Waals surface area contributed by atoms with E-state index >= 15 is 0 Å². The van der Waals surface area contributed by atoms with E-state index in [2.05, 4.69) is 28.2 Å². The normalized spacial score (nSPS) is 11.8. The van der Waals surface area contributed by atoms with Gasteiger partial charge < -0.3 is 4.42 Å². The molecule has 0 unspecified atom stereocenters. The van der Waals surface area contributed by atoms with Crippen molar-refractivity contribution >= 4 is 21.9 Å². The molecule has 0 radical (unpaired) electrons. The van der Waals surface area contributed by atoms with Gasteiger partial charge in [0.15, 0.2) is 0 Å². The molecular formula is C36H23F3N2O. The average Bonchev–Trinajstić information content (AvgIpc) is 3.40. The van der Waals surface area contributed by atoms with Crippen molar-refractivity contribution in [3.8, 4) is 44.5 Å². The number of alkyl halides is 3. The molecule has 0 spiro atoms. The van der Waals surface area contributed by atoms with Gasteiger partial charge in [0.05, 0.1) is 5.56 Å². The van der Waals surface area contributed by atoms with Crippen molar-refractivity contribution in [3.63, 3.8) is 0 Å². The molecule has 0 fully saturated rings. The highest BCUT2D eigenvalue weighted by atomic mass is 19.4. The number of aryl methyl sites for hydroxylation is 1. The molecule has 0 saturated carbocycles. The fraction of sp³-hybridized carbons (Fsp3) is 0.0556. The molecule has 0 N–H and O–H groups in total. The minimum absolute atomic E-state index is 0.464. The van der Waals surface area contributed by atoms with Crippen molar-refractivity contribution in [2.75, 3.05) is 0 Å². The summed E-state index contributed by atoms with van der Waals surface area (Å²) in [4.78, 5) is 8.62. The van der Waals surface area contributed by atoms with Gasteiger partial charge in [-0.15, -0.1) is 0 Å². The van der Waals surface area contributed by atoms with Gasteiger partial charge in [0, 0.05) is 57.8 Å². The molecule has 7 aromatic rings. The third-order valence-corrected chi connectivity index (χ3v) is 7.47. The number of pyridine rings is 2. The maximum Gasteiger partial charge on any atom is 0.416 e. The monoisotopic (exact) mass is 556 g/mol. The van der Waals surface area contributed by atoms with Crippen LogP contribution in [0.3, 0.4) is 0 Å². The van der Waals surface area contributed by atoms with Crippen molar-refractivity contribution in [2.24, 2.45) is 0 Å². The van der Waals surface area contributed by atoms with Crippen molar-refractivity contribution in [1.29, 1.82) is 0 Å². The number of hydrogen-bond donors (Lipinski definition) is 0. The Morgan fingerprint density at radius 2 is 1.07 bits per heavy atom. The smallest absolute Gasteiger partial charge is 0.416 e. The van der Waals surface area contributed by atoms with Gasteiger partial charge in [0.25, 0.3) is 0 Å². The number of para-hydroxylation sites is 2. The van der Waals surface area contributed by atoms with Gasteiger partial charge in [0.1, 0.15) is 11.2 Å². The van der Waals surface area contributed by atoms with Crippen LogP contribution in [0.25, 0.3) is 66.4 Å². The predicted octanol–water partition coefficient (Wildman–Crippen LogP) is 10.4. The quantitative estimate of drug-likeness (QED) is 0.216. The van der Waals surface area contributed by atoms with Gasteiger partial charge in [-0.2, -0.15) is 13.2 Å². The Bertz CT molecular complexity index is 2020. The van der Waals surface area contributed by atoms with Gasteiger partial charge in [-0.3, -0.25) is 9.97 Å². The lowest BCUT2D eigenvalue weighted by molar-refractivity contribution is -0.137. The van der Waals surface area contributed by atoms with Crippen LogP contribution in [0.1, 0.15) is 11.1 Å². The first-order valence-corrected chi connectivity index (χ1v) is 13.4. The fourth-order valence-corrected chi connectivity index (χ4v) is 5.56. The van der Waals surface area contributed by atoms with Crippen LogP contribution < -0.4 is 0 Å². The minimum Gasteiger partial charge on any atom is -0.455 e. The van der Waals surface area contributed by atoms with Gasteiger partial charge in [-0.1, -0.05) is 54.6 Å². The molecule has 6 heteroatoms. The zero-order chi connectivity index (χ0) is 28.8. The lowest BCUT2D eigenvalue weighted by Gasteiger charge is -2.11. The van der Waals surface area contributed by atoms with Crippen LogP contribution in [0, 0.1) is 6.92 Å². The number of aromatic nitrogens is 2. The van der Waals surface area contributed by atoms with E-state index in [-0.39, 0.29) is 0 Å². The average molecular weight is 557 g/mol. The molecule has 3 nitrogen and oxygen atoms in total. The van der Waals surface area contributed by atoms with Crippen LogP contribution in [-0.2, 0) is 6.18 Å². The molecule has 0 aliphatic heterocycles. The lowest BCUT2D eigenvalue weighted by atomic mass is 9.93. The molecule has 0 saturated heterocycles. The minimum atomic E-state index is -4.44. The van der Waals surface area contributed by atoms with E-state index in [4.69, 9.17) is 4.42 Å². The topological polar surface area (TPSA) is 38.9 Å². The Morgan fingerprint density at radius 3 is 1.57 bits per heavy atom. The van der Waals surface area contributed by atoms with E-state index < -0.39 is 11.7 Å². The lowest BCUT2D eigenvalue weighted by Crippen LogP contribution is -2.05. The van der Waals surface area contributed by atoms with Gasteiger partial charge in [0.2, 0.25) is 0 Å². The molecule has 42 heavy (non-hydrogen) atoms. The highest BCUT2D eigenvalue weighted by Crippen LogP contribution is 2.42. The molecule has 7 rings (SSSR count). The van der Waals surface area contributed by atoms with Crippen LogP contribution in [0.15, 0.2) is 126 Å². The second-order valence-electron chi connectivity index (χ2n) is 10.3. The van der Waals surface area contributed by atoms with Crippen molar-refractivity contribution < 1.29 is 17.6 Å². The molecule has 3 heterocycles. The summed E-state index contributed by atoms with van der Waals surface area (Å²) >= 11 is 0. The molecule has 0 aliphatic rings. The van der Waals surface area contributed by atoms with E-state index in [1.165, 1.54) is 6.07 Å². The molecule has 0 bridgehead atoms. The summed E-state index contributed by atoms with van der Waals surface area (Å²) in [5.74, 6) is 0. The number of rotatable bonds is 4. The third kappa shape index (κ3) is 4.61. The molecular weight excluding hydrogens is 533 g/mol. The highest BCUT2D eigenvalue weighted by molar-refractivity contribution is 6.13. The standard InChI is InChI=1S/C36H23F3N2O/c1-22-14-27(19-29(15-22)36(37,38)39)30-8-2-10-32-33-11-3-9-31(35(33)42-34(30)32)28-17-25(23-6-4-12-40-20-23)16-26(18-28)24-7-5-13-41-21-24/h2-21H,1H3. The SMILES string of the molecule is Cc1cc(-c2cccc3c2oc2c(-c4cc(-c5cccnc5)cc(-c5cccnc5)c4)cccc23)cc(C(F)(F)F)c1. The van der Waals surface area contributed by atoms with Gasteiger partial charge in [-0.05, 0) is 77.2 Å². The van der Waals surface area contributed by atoms with Crippen molar-refractivity contribution in [2.45, 2.75) is 13.1 Å². The summed E-state index contributed by atoms with van der Waals surface area (Å²) in [6, 6.07) is 29.9. The maximum absolute atomic E-state index is 13.7. The molecule has 204 valence electrons. The Balaban J connectivity index is 1.46. The van der Waals surface area contributed by atoms with Gasteiger partial charge in [-0.25, -0.2) is 0 Å². The van der Waals surface area contributed by atoms with Gasteiger partial charge >= 0.3 is 6.18 Å². The summed E-state index contributed by atoms with van der Waals surface area (Å²) < 4.78 is 47.6. The van der Waals surface area contributed by atoms with E-state index in [1.807, 2.05) is 73.1 Å². The van der Waals surface area contributed by atoms with Crippen molar-refractivity contribution in [3.05, 3.63) is 133 Å². The van der Waals surface area contributed by atoms with Crippen LogP contribution in [-0.4, -0.2) is 9.97 Å². The van der Waals surface area contributed by atoms with Crippen molar-refractivity contribution in [1.82, 2.24) is 9.97 Å². The second kappa shape index (κ2) is 10.00. The van der Waals surface area contributed by atoms with Crippen LogP contribution in [0.2, 0.25) is 0 Å². The first kappa shape index (κ1) is 25.7. The Hall–Kier alpha value is -5.23. The van der Waals surface area contributed by atoms with E-state index in [0.29, 0.717) is 27.9 Å². The second-order valence-corrected chi connectivity index (χ2v) is 10.3. The largest absolute Gasteiger partial charge is 0.455 e. The molecule has 0 aliphatic carbocycles. The Kier molecular flexibility index (Phi) is 6.12. The zero-order valence-electron chi connectivity index (χ0n) is 22.5. The Morgan fingerprint density at radius 1 is 0.548 bits per heavy atom. The molecule has 0 amide bonds. The fourth-order valence-electron chi connectivity index (χ4n) is 5.56. The number of nitrogens with zero attached hydrogens (tertiary/aromatic N) is 2. The number of halogens is 3. The number of fused-ring (bicyclic) bond motifs is 3. The predicted molar refractivity (Wildman–Crippen MR) is 161 cm³/mol. The molecule has 4 aromatic carbocycles. The summed E-state index contributed by atoms with van der Waals surface area (Å²) in [5, 5.41) is 1.73. The van der Waals surface area contributed by atoms with Crippen LogP contribution in [0.5, 0.6) is 0 Å². The number of benzene rings is 4. The Labute approximate surface area is 239 Å². The zero-order valence-corrected chi connectivity index (χ0v) is 22.5. The van der Waals surface area contributed by atoms with E-state index in [0.717, 1.165) is 50.2 Å².